The zero-order valence-corrected chi connectivity index (χ0v) is 7.19. The zero-order valence-electron chi connectivity index (χ0n) is 7.19. The van der Waals surface area contributed by atoms with Crippen LogP contribution < -0.4 is 5.32 Å². The van der Waals surface area contributed by atoms with E-state index in [1.54, 1.807) is 0 Å². The summed E-state index contributed by atoms with van der Waals surface area (Å²) in [6.07, 6.45) is 0. The van der Waals surface area contributed by atoms with Crippen LogP contribution in [0.2, 0.25) is 0 Å². The van der Waals surface area contributed by atoms with E-state index in [1.807, 2.05) is 6.92 Å². The minimum atomic E-state index is -0.295. The highest BCUT2D eigenvalue weighted by Crippen LogP contribution is 2.25. The van der Waals surface area contributed by atoms with Crippen molar-refractivity contribution in [2.45, 2.75) is 19.9 Å². The average Bonchev–Trinajstić information content (AvgIpc) is 1.96. The maximum Gasteiger partial charge on any atom is 0.104 e. The first-order valence-electron chi connectivity index (χ1n) is 4.03. The molecule has 1 heterocycles. The molecule has 1 atom stereocenters. The van der Waals surface area contributed by atoms with Crippen molar-refractivity contribution in [2.24, 2.45) is 5.41 Å². The second kappa shape index (κ2) is 3.50. The van der Waals surface area contributed by atoms with Gasteiger partial charge in [0.1, 0.15) is 6.67 Å². The maximum atomic E-state index is 12.0. The average molecular weight is 161 g/mol. The van der Waals surface area contributed by atoms with Gasteiger partial charge >= 0.3 is 0 Å². The predicted molar refractivity (Wildman–Crippen MR) is 42.4 cm³/mol. The lowest BCUT2D eigenvalue weighted by molar-refractivity contribution is -0.1000. The Morgan fingerprint density at radius 3 is 2.64 bits per heavy atom. The van der Waals surface area contributed by atoms with Gasteiger partial charge in [0, 0.05) is 18.0 Å². The predicted octanol–water partition coefficient (Wildman–Crippen LogP) is 0.970. The molecule has 2 nitrogen and oxygen atoms in total. The Hall–Kier alpha value is -0.150. The number of rotatable bonds is 4. The summed E-state index contributed by atoms with van der Waals surface area (Å²) in [4.78, 5) is 0. The molecule has 0 aromatic rings. The molecule has 1 rings (SSSR count). The monoisotopic (exact) mass is 161 g/mol. The van der Waals surface area contributed by atoms with E-state index in [1.165, 1.54) is 0 Å². The fourth-order valence-corrected chi connectivity index (χ4v) is 1.03. The van der Waals surface area contributed by atoms with Crippen molar-refractivity contribution in [1.82, 2.24) is 5.32 Å². The summed E-state index contributed by atoms with van der Waals surface area (Å²) in [6, 6.07) is -0.0209. The van der Waals surface area contributed by atoms with Crippen LogP contribution in [0.3, 0.4) is 0 Å². The molecule has 1 N–H and O–H groups in total. The molecule has 11 heavy (non-hydrogen) atoms. The number of hydrogen-bond acceptors (Lipinski definition) is 2. The van der Waals surface area contributed by atoms with Gasteiger partial charge in [0.2, 0.25) is 0 Å². The van der Waals surface area contributed by atoms with Crippen LogP contribution in [0.15, 0.2) is 0 Å². The molecular formula is C8H16FNO. The van der Waals surface area contributed by atoms with Gasteiger partial charge in [-0.3, -0.25) is 0 Å². The third-order valence-electron chi connectivity index (χ3n) is 2.01. The highest BCUT2D eigenvalue weighted by Gasteiger charge is 2.33. The Kier molecular flexibility index (Phi) is 2.84. The lowest BCUT2D eigenvalue weighted by atomic mass is 9.88. The molecule has 0 aromatic heterocycles. The molecule has 0 radical (unpaired) electrons. The van der Waals surface area contributed by atoms with E-state index in [0.29, 0.717) is 0 Å². The van der Waals surface area contributed by atoms with E-state index in [-0.39, 0.29) is 18.1 Å². The molecule has 0 bridgehead atoms. The molecular weight excluding hydrogens is 145 g/mol. The summed E-state index contributed by atoms with van der Waals surface area (Å²) in [7, 11) is 0. The van der Waals surface area contributed by atoms with Crippen molar-refractivity contribution in [1.29, 1.82) is 0 Å². The molecule has 3 heteroatoms. The first kappa shape index (κ1) is 8.94. The second-order valence-corrected chi connectivity index (χ2v) is 3.74. The Bertz CT molecular complexity index is 125. The van der Waals surface area contributed by atoms with Crippen LogP contribution >= 0.6 is 0 Å². The quantitative estimate of drug-likeness (QED) is 0.663. The summed E-state index contributed by atoms with van der Waals surface area (Å²) in [5, 5.41) is 3.12. The van der Waals surface area contributed by atoms with Gasteiger partial charge in [-0.25, -0.2) is 4.39 Å². The molecule has 0 amide bonds. The van der Waals surface area contributed by atoms with Gasteiger partial charge in [-0.1, -0.05) is 6.92 Å². The number of nitrogens with one attached hydrogen (secondary N) is 1. The van der Waals surface area contributed by atoms with Crippen molar-refractivity contribution < 1.29 is 9.13 Å². The van der Waals surface area contributed by atoms with Gasteiger partial charge in [-0.15, -0.1) is 0 Å². The van der Waals surface area contributed by atoms with Gasteiger partial charge in [0.25, 0.3) is 0 Å². The maximum absolute atomic E-state index is 12.0. The molecule has 1 aliphatic rings. The molecule has 0 spiro atoms. The lowest BCUT2D eigenvalue weighted by Crippen LogP contribution is -2.49. The lowest BCUT2D eigenvalue weighted by Gasteiger charge is -2.38. The first-order valence-corrected chi connectivity index (χ1v) is 4.03. The minimum absolute atomic E-state index is 0.0209. The van der Waals surface area contributed by atoms with Crippen LogP contribution in [0.1, 0.15) is 13.8 Å². The standard InChI is InChI=1S/C8H16FNO/c1-7(3-9)10-4-8(2)5-11-6-8/h7,10H,3-6H2,1-2H3. The third-order valence-corrected chi connectivity index (χ3v) is 2.01. The van der Waals surface area contributed by atoms with Crippen LogP contribution in [0.4, 0.5) is 4.39 Å². The van der Waals surface area contributed by atoms with Crippen LogP contribution in [0.25, 0.3) is 0 Å². The van der Waals surface area contributed by atoms with E-state index in [0.717, 1.165) is 19.8 Å². The third kappa shape index (κ3) is 2.42. The molecule has 1 saturated heterocycles. The van der Waals surface area contributed by atoms with E-state index >= 15 is 0 Å². The summed E-state index contributed by atoms with van der Waals surface area (Å²) < 4.78 is 17.1. The molecule has 0 aliphatic carbocycles. The molecule has 1 unspecified atom stereocenters. The van der Waals surface area contributed by atoms with Crippen molar-refractivity contribution in [3.05, 3.63) is 0 Å². The normalized spacial score (nSPS) is 24.3. The number of alkyl halides is 1. The van der Waals surface area contributed by atoms with Crippen molar-refractivity contribution in [3.63, 3.8) is 0 Å². The Morgan fingerprint density at radius 2 is 2.27 bits per heavy atom. The molecule has 0 aromatic carbocycles. The van der Waals surface area contributed by atoms with Gasteiger partial charge in [-0.2, -0.15) is 0 Å². The van der Waals surface area contributed by atoms with E-state index < -0.39 is 0 Å². The number of hydrogen-bond donors (Lipinski definition) is 1. The van der Waals surface area contributed by atoms with Crippen molar-refractivity contribution >= 4 is 0 Å². The number of halogens is 1. The molecule has 66 valence electrons. The van der Waals surface area contributed by atoms with Gasteiger partial charge in [0.05, 0.1) is 13.2 Å². The smallest absolute Gasteiger partial charge is 0.104 e. The molecule has 1 aliphatic heterocycles. The summed E-state index contributed by atoms with van der Waals surface area (Å²) in [5.41, 5.74) is 0.253. The van der Waals surface area contributed by atoms with Gasteiger partial charge in [-0.05, 0) is 6.92 Å². The Balaban J connectivity index is 2.11. The summed E-state index contributed by atoms with van der Waals surface area (Å²) in [6.45, 7) is 6.17. The summed E-state index contributed by atoms with van der Waals surface area (Å²) >= 11 is 0. The Labute approximate surface area is 67.1 Å². The first-order chi connectivity index (χ1) is 5.16. The van der Waals surface area contributed by atoms with Gasteiger partial charge < -0.3 is 10.1 Å². The minimum Gasteiger partial charge on any atom is -0.380 e. The SMILES string of the molecule is CC(CF)NCC1(C)COC1. The van der Waals surface area contributed by atoms with Crippen LogP contribution in [0.5, 0.6) is 0 Å². The fourth-order valence-electron chi connectivity index (χ4n) is 1.03. The largest absolute Gasteiger partial charge is 0.380 e. The van der Waals surface area contributed by atoms with E-state index in [2.05, 4.69) is 12.2 Å². The molecule has 0 saturated carbocycles. The topological polar surface area (TPSA) is 21.3 Å². The highest BCUT2D eigenvalue weighted by atomic mass is 19.1. The van der Waals surface area contributed by atoms with Crippen LogP contribution in [-0.2, 0) is 4.74 Å². The zero-order chi connectivity index (χ0) is 8.32. The van der Waals surface area contributed by atoms with E-state index in [9.17, 15) is 4.39 Å². The second-order valence-electron chi connectivity index (χ2n) is 3.74. The van der Waals surface area contributed by atoms with Crippen LogP contribution in [-0.4, -0.2) is 32.5 Å². The fraction of sp³-hybridized carbons (Fsp3) is 1.00. The highest BCUT2D eigenvalue weighted by molar-refractivity contribution is 4.83. The van der Waals surface area contributed by atoms with Crippen molar-refractivity contribution in [3.8, 4) is 0 Å². The Morgan fingerprint density at radius 1 is 1.64 bits per heavy atom. The van der Waals surface area contributed by atoms with Gasteiger partial charge in [0.15, 0.2) is 0 Å². The summed E-state index contributed by atoms with van der Waals surface area (Å²) in [5.74, 6) is 0. The molecule has 1 fully saturated rings. The van der Waals surface area contributed by atoms with E-state index in [4.69, 9.17) is 4.74 Å². The van der Waals surface area contributed by atoms with Crippen molar-refractivity contribution in [2.75, 3.05) is 26.4 Å². The number of ether oxygens (including phenoxy) is 1. The van der Waals surface area contributed by atoms with Crippen LogP contribution in [0, 0.1) is 5.41 Å².